The number of nitrogens with zero attached hydrogens (tertiary/aromatic N) is 1. The number of benzene rings is 1. The molecule has 2 heterocycles. The molecule has 0 unspecified atom stereocenters. The van der Waals surface area contributed by atoms with Crippen LogP contribution in [0.1, 0.15) is 44.1 Å². The van der Waals surface area contributed by atoms with Crippen molar-refractivity contribution in [2.45, 2.75) is 44.6 Å². The normalized spacial score (nSPS) is 28.8. The second-order valence-electron chi connectivity index (χ2n) is 6.37. The lowest BCUT2D eigenvalue weighted by Gasteiger charge is -2.43. The van der Waals surface area contributed by atoms with E-state index >= 15 is 0 Å². The molecule has 4 rings (SSSR count). The molecule has 1 saturated heterocycles. The molecule has 2 atom stereocenters. The van der Waals surface area contributed by atoms with Crippen LogP contribution in [0.2, 0.25) is 0 Å². The number of rotatable bonds is 1. The third kappa shape index (κ3) is 2.15. The van der Waals surface area contributed by atoms with Crippen LogP contribution in [0.15, 0.2) is 35.9 Å². The lowest BCUT2D eigenvalue weighted by Crippen LogP contribution is -2.49. The molecule has 0 radical (unpaired) electrons. The van der Waals surface area contributed by atoms with Gasteiger partial charge in [0, 0.05) is 12.1 Å². The second-order valence-corrected chi connectivity index (χ2v) is 6.37. The molecule has 2 aliphatic heterocycles. The van der Waals surface area contributed by atoms with Crippen molar-refractivity contribution in [2.75, 3.05) is 6.54 Å². The number of carbonyl (C=O) groups excluding carboxylic acids is 1. The fourth-order valence-corrected chi connectivity index (χ4v) is 4.22. The number of amides is 1. The van der Waals surface area contributed by atoms with E-state index in [1.165, 1.54) is 31.3 Å². The molecular formula is C18H21NO2. The summed E-state index contributed by atoms with van der Waals surface area (Å²) >= 11 is 0. The minimum atomic E-state index is -0.142. The van der Waals surface area contributed by atoms with Gasteiger partial charge in [0.15, 0.2) is 0 Å². The second kappa shape index (κ2) is 5.21. The minimum Gasteiger partial charge on any atom is -0.410 e. The molecule has 1 aromatic carbocycles. The summed E-state index contributed by atoms with van der Waals surface area (Å²) in [7, 11) is 0. The van der Waals surface area contributed by atoms with Crippen molar-refractivity contribution in [3.8, 4) is 0 Å². The van der Waals surface area contributed by atoms with Crippen LogP contribution < -0.4 is 0 Å². The highest BCUT2D eigenvalue weighted by Gasteiger charge is 2.43. The van der Waals surface area contributed by atoms with Gasteiger partial charge in [0.2, 0.25) is 0 Å². The van der Waals surface area contributed by atoms with Crippen LogP contribution in [0.3, 0.4) is 0 Å². The molecule has 1 saturated carbocycles. The maximum absolute atomic E-state index is 12.5. The van der Waals surface area contributed by atoms with E-state index in [9.17, 15) is 4.79 Å². The lowest BCUT2D eigenvalue weighted by atomic mass is 9.77. The van der Waals surface area contributed by atoms with Crippen LogP contribution in [0.25, 0.3) is 5.76 Å². The summed E-state index contributed by atoms with van der Waals surface area (Å²) in [5.41, 5.74) is 2.41. The van der Waals surface area contributed by atoms with Gasteiger partial charge in [-0.2, -0.15) is 0 Å². The quantitative estimate of drug-likeness (QED) is 0.773. The number of hydrogen-bond donors (Lipinski definition) is 0. The van der Waals surface area contributed by atoms with Crippen molar-refractivity contribution in [1.82, 2.24) is 4.90 Å². The first kappa shape index (κ1) is 12.9. The van der Waals surface area contributed by atoms with E-state index in [1.54, 1.807) is 0 Å². The maximum atomic E-state index is 12.5. The summed E-state index contributed by atoms with van der Waals surface area (Å²) in [5, 5.41) is 0. The SMILES string of the molecule is O=C1OC(c2ccccc2)=C2CCC[C@H]3CCCCN1[C@@H]23. The van der Waals surface area contributed by atoms with Crippen LogP contribution in [-0.2, 0) is 4.74 Å². The van der Waals surface area contributed by atoms with E-state index in [0.717, 1.165) is 30.7 Å². The number of cyclic esters (lactones) is 1. The lowest BCUT2D eigenvalue weighted by molar-refractivity contribution is 0.0963. The van der Waals surface area contributed by atoms with Crippen LogP contribution >= 0.6 is 0 Å². The molecule has 0 N–H and O–H groups in total. The average Bonchev–Trinajstić information content (AvgIpc) is 2.75. The molecule has 1 aliphatic carbocycles. The van der Waals surface area contributed by atoms with E-state index in [-0.39, 0.29) is 12.1 Å². The van der Waals surface area contributed by atoms with Gasteiger partial charge in [0.05, 0.1) is 6.04 Å². The largest absolute Gasteiger partial charge is 0.415 e. The minimum absolute atomic E-state index is 0.142. The Labute approximate surface area is 125 Å². The molecule has 0 bridgehead atoms. The van der Waals surface area contributed by atoms with Gasteiger partial charge in [-0.1, -0.05) is 36.8 Å². The summed E-state index contributed by atoms with van der Waals surface area (Å²) in [5.74, 6) is 1.47. The monoisotopic (exact) mass is 283 g/mol. The number of carbonyl (C=O) groups is 1. The zero-order valence-corrected chi connectivity index (χ0v) is 12.3. The molecule has 3 heteroatoms. The molecule has 3 aliphatic rings. The predicted molar refractivity (Wildman–Crippen MR) is 81.5 cm³/mol. The Bertz CT molecular complexity index is 578. The summed E-state index contributed by atoms with van der Waals surface area (Å²) in [4.78, 5) is 14.5. The van der Waals surface area contributed by atoms with Crippen molar-refractivity contribution in [1.29, 1.82) is 0 Å². The predicted octanol–water partition coefficient (Wildman–Crippen LogP) is 4.20. The van der Waals surface area contributed by atoms with Gasteiger partial charge in [-0.05, 0) is 43.6 Å². The molecular weight excluding hydrogens is 262 g/mol. The topological polar surface area (TPSA) is 29.5 Å². The third-order valence-corrected chi connectivity index (χ3v) is 5.14. The van der Waals surface area contributed by atoms with E-state index in [2.05, 4.69) is 0 Å². The fourth-order valence-electron chi connectivity index (χ4n) is 4.22. The molecule has 2 fully saturated rings. The first-order valence-corrected chi connectivity index (χ1v) is 8.11. The first-order valence-electron chi connectivity index (χ1n) is 8.11. The highest BCUT2D eigenvalue weighted by Crippen LogP contribution is 2.44. The Morgan fingerprint density at radius 3 is 2.71 bits per heavy atom. The van der Waals surface area contributed by atoms with Gasteiger partial charge in [0.25, 0.3) is 0 Å². The first-order chi connectivity index (χ1) is 10.3. The van der Waals surface area contributed by atoms with Crippen LogP contribution in [0.4, 0.5) is 4.79 Å². The standard InChI is InChI=1S/C18H21NO2/c20-18-19-12-5-4-7-13-10-6-11-15(16(13)19)17(21-18)14-8-2-1-3-9-14/h1-3,8-9,13,16H,4-7,10-12H2/t13-,16-/m1/s1. The van der Waals surface area contributed by atoms with Crippen LogP contribution in [0.5, 0.6) is 0 Å². The maximum Gasteiger partial charge on any atom is 0.415 e. The van der Waals surface area contributed by atoms with Crippen molar-refractivity contribution in [2.24, 2.45) is 5.92 Å². The van der Waals surface area contributed by atoms with E-state index in [0.29, 0.717) is 5.92 Å². The van der Waals surface area contributed by atoms with Crippen molar-refractivity contribution in [3.63, 3.8) is 0 Å². The third-order valence-electron chi connectivity index (χ3n) is 5.14. The van der Waals surface area contributed by atoms with Crippen LogP contribution in [0, 0.1) is 5.92 Å². The summed E-state index contributed by atoms with van der Waals surface area (Å²) < 4.78 is 5.75. The molecule has 1 amide bonds. The zero-order chi connectivity index (χ0) is 14.2. The Kier molecular flexibility index (Phi) is 3.21. The van der Waals surface area contributed by atoms with Gasteiger partial charge in [-0.25, -0.2) is 4.79 Å². The van der Waals surface area contributed by atoms with E-state index in [4.69, 9.17) is 4.74 Å². The van der Waals surface area contributed by atoms with Crippen molar-refractivity contribution < 1.29 is 9.53 Å². The number of ether oxygens (including phenoxy) is 1. The molecule has 3 nitrogen and oxygen atoms in total. The molecule has 0 spiro atoms. The number of hydrogen-bond acceptors (Lipinski definition) is 2. The summed E-state index contributed by atoms with van der Waals surface area (Å²) in [6.07, 6.45) is 6.99. The zero-order valence-electron chi connectivity index (χ0n) is 12.3. The molecule has 0 aromatic heterocycles. The summed E-state index contributed by atoms with van der Waals surface area (Å²) in [6.45, 7) is 0.853. The smallest absolute Gasteiger partial charge is 0.410 e. The Morgan fingerprint density at radius 2 is 1.86 bits per heavy atom. The average molecular weight is 283 g/mol. The highest BCUT2D eigenvalue weighted by molar-refractivity contribution is 5.82. The van der Waals surface area contributed by atoms with Crippen LogP contribution in [-0.4, -0.2) is 23.6 Å². The van der Waals surface area contributed by atoms with Crippen molar-refractivity contribution in [3.05, 3.63) is 41.5 Å². The Balaban J connectivity index is 1.82. The highest BCUT2D eigenvalue weighted by atomic mass is 16.6. The van der Waals surface area contributed by atoms with Gasteiger partial charge >= 0.3 is 6.09 Å². The van der Waals surface area contributed by atoms with Gasteiger partial charge in [-0.15, -0.1) is 0 Å². The van der Waals surface area contributed by atoms with E-state index < -0.39 is 0 Å². The van der Waals surface area contributed by atoms with Gasteiger partial charge in [-0.3, -0.25) is 0 Å². The summed E-state index contributed by atoms with van der Waals surface area (Å²) in [6, 6.07) is 10.4. The van der Waals surface area contributed by atoms with Crippen molar-refractivity contribution >= 4 is 11.9 Å². The Hall–Kier alpha value is -1.77. The van der Waals surface area contributed by atoms with E-state index in [1.807, 2.05) is 35.2 Å². The molecule has 110 valence electrons. The molecule has 21 heavy (non-hydrogen) atoms. The fraction of sp³-hybridized carbons (Fsp3) is 0.500. The Morgan fingerprint density at radius 1 is 1.05 bits per heavy atom. The van der Waals surface area contributed by atoms with Gasteiger partial charge in [0.1, 0.15) is 5.76 Å². The van der Waals surface area contributed by atoms with Gasteiger partial charge < -0.3 is 9.64 Å². The molecule has 1 aromatic rings.